The number of likely N-dealkylation sites (N-methyl/N-ethyl adjacent to an activating group) is 1. The van der Waals surface area contributed by atoms with E-state index in [1.165, 1.54) is 14.2 Å². The Morgan fingerprint density at radius 3 is 2.35 bits per heavy atom. The van der Waals surface area contributed by atoms with Crippen molar-refractivity contribution in [3.8, 4) is 0 Å². The van der Waals surface area contributed by atoms with Gasteiger partial charge in [0, 0.05) is 24.5 Å². The first kappa shape index (κ1) is 18.5. The Kier molecular flexibility index (Phi) is 7.62. The molecule has 0 aliphatic carbocycles. The Morgan fingerprint density at radius 1 is 1.22 bits per heavy atom. The lowest BCUT2D eigenvalue weighted by atomic mass is 10.2. The number of hydrogen-bond acceptors (Lipinski definition) is 7. The number of ether oxygens (including phenoxy) is 2. The van der Waals surface area contributed by atoms with Gasteiger partial charge in [-0.1, -0.05) is 0 Å². The fourth-order valence-electron chi connectivity index (χ4n) is 1.93. The zero-order valence-corrected chi connectivity index (χ0v) is 13.5. The highest BCUT2D eigenvalue weighted by molar-refractivity contribution is 5.98. The number of aliphatic hydroxyl groups is 1. The van der Waals surface area contributed by atoms with Crippen LogP contribution in [0, 0.1) is 0 Å². The van der Waals surface area contributed by atoms with Gasteiger partial charge in [0.2, 0.25) is 0 Å². The smallest absolute Gasteiger partial charge is 0.354 e. The third kappa shape index (κ3) is 5.63. The van der Waals surface area contributed by atoms with Crippen LogP contribution >= 0.6 is 0 Å². The number of methoxy groups -OCH3 is 2. The van der Waals surface area contributed by atoms with Crippen LogP contribution in [0.25, 0.3) is 0 Å². The van der Waals surface area contributed by atoms with E-state index in [9.17, 15) is 9.59 Å². The maximum atomic E-state index is 11.7. The molecule has 0 saturated carbocycles. The molecule has 0 fully saturated rings. The summed E-state index contributed by atoms with van der Waals surface area (Å²) in [5, 5.41) is 11.9. The number of benzene rings is 1. The summed E-state index contributed by atoms with van der Waals surface area (Å²) in [5.74, 6) is -1.33. The highest BCUT2D eigenvalue weighted by atomic mass is 16.5. The molecule has 0 aliphatic heterocycles. The summed E-state index contributed by atoms with van der Waals surface area (Å²) in [6.07, 6.45) is 1.03. The molecule has 126 valence electrons. The first-order valence-corrected chi connectivity index (χ1v) is 7.16. The largest absolute Gasteiger partial charge is 0.466 e. The molecular formula is C16H22N2O5. The van der Waals surface area contributed by atoms with Crippen molar-refractivity contribution in [1.29, 1.82) is 0 Å². The van der Waals surface area contributed by atoms with Gasteiger partial charge in [0.05, 0.1) is 26.9 Å². The van der Waals surface area contributed by atoms with E-state index in [1.807, 2.05) is 24.0 Å². The Balaban J connectivity index is 2.91. The van der Waals surface area contributed by atoms with E-state index in [-0.39, 0.29) is 12.3 Å². The maximum Gasteiger partial charge on any atom is 0.354 e. The summed E-state index contributed by atoms with van der Waals surface area (Å²) in [7, 11) is 2.45. The lowest BCUT2D eigenvalue weighted by Gasteiger charge is -2.22. The summed E-state index contributed by atoms with van der Waals surface area (Å²) in [6.45, 7) is 3.38. The Bertz CT molecular complexity index is 554. The van der Waals surface area contributed by atoms with Gasteiger partial charge in [-0.05, 0) is 31.2 Å². The van der Waals surface area contributed by atoms with Crippen LogP contribution in [0.2, 0.25) is 0 Å². The molecule has 1 aromatic rings. The summed E-state index contributed by atoms with van der Waals surface area (Å²) in [5.41, 5.74) is 1.55. The number of carbonyl (C=O) groups excluding carboxylic acids is 2. The summed E-state index contributed by atoms with van der Waals surface area (Å²) >= 11 is 0. The normalized spacial score (nSPS) is 10.9. The molecule has 0 radical (unpaired) electrons. The van der Waals surface area contributed by atoms with Crippen molar-refractivity contribution in [3.05, 3.63) is 36.0 Å². The third-order valence-corrected chi connectivity index (χ3v) is 3.13. The topological polar surface area (TPSA) is 88.1 Å². The van der Waals surface area contributed by atoms with Gasteiger partial charge in [-0.2, -0.15) is 0 Å². The van der Waals surface area contributed by atoms with Gasteiger partial charge in [0.15, 0.2) is 0 Å². The SMILES string of the molecule is CCN(CCO)c1ccc(N/C(=C/C(=O)OC)C(=O)OC)cc1. The van der Waals surface area contributed by atoms with Crippen molar-refractivity contribution in [1.82, 2.24) is 0 Å². The molecule has 7 nitrogen and oxygen atoms in total. The molecule has 0 spiro atoms. The molecule has 1 rings (SSSR count). The molecule has 0 aromatic heterocycles. The van der Waals surface area contributed by atoms with E-state index in [1.54, 1.807) is 12.1 Å². The molecule has 0 aliphatic rings. The minimum atomic E-state index is -0.671. The zero-order chi connectivity index (χ0) is 17.2. The predicted octanol–water partition coefficient (Wildman–Crippen LogP) is 1.15. The summed E-state index contributed by atoms with van der Waals surface area (Å²) < 4.78 is 9.14. The molecule has 23 heavy (non-hydrogen) atoms. The average molecular weight is 322 g/mol. The Morgan fingerprint density at radius 2 is 1.87 bits per heavy atom. The van der Waals surface area contributed by atoms with Gasteiger partial charge in [0.25, 0.3) is 0 Å². The number of esters is 2. The number of anilines is 2. The van der Waals surface area contributed by atoms with E-state index in [4.69, 9.17) is 5.11 Å². The number of rotatable bonds is 8. The van der Waals surface area contributed by atoms with E-state index in [2.05, 4.69) is 14.8 Å². The van der Waals surface area contributed by atoms with Crippen LogP contribution < -0.4 is 10.2 Å². The fourth-order valence-corrected chi connectivity index (χ4v) is 1.93. The number of nitrogens with one attached hydrogen (secondary N) is 1. The fraction of sp³-hybridized carbons (Fsp3) is 0.375. The van der Waals surface area contributed by atoms with Crippen LogP contribution in [0.3, 0.4) is 0 Å². The molecular weight excluding hydrogens is 300 g/mol. The predicted molar refractivity (Wildman–Crippen MR) is 87.2 cm³/mol. The first-order valence-electron chi connectivity index (χ1n) is 7.16. The van der Waals surface area contributed by atoms with E-state index in [0.717, 1.165) is 18.3 Å². The maximum absolute atomic E-state index is 11.7. The number of hydrogen-bond donors (Lipinski definition) is 2. The van der Waals surface area contributed by atoms with Crippen LogP contribution in [0.5, 0.6) is 0 Å². The molecule has 0 amide bonds. The third-order valence-electron chi connectivity index (χ3n) is 3.13. The number of aliphatic hydroxyl groups excluding tert-OH is 1. The summed E-state index contributed by atoms with van der Waals surface area (Å²) in [6, 6.07) is 7.25. The van der Waals surface area contributed by atoms with Crippen LogP contribution in [0.1, 0.15) is 6.92 Å². The Hall–Kier alpha value is -2.54. The molecule has 0 unspecified atom stereocenters. The van der Waals surface area contributed by atoms with Gasteiger partial charge >= 0.3 is 11.9 Å². The average Bonchev–Trinajstić information content (AvgIpc) is 2.58. The minimum absolute atomic E-state index is 0.0187. The molecule has 7 heteroatoms. The standard InChI is InChI=1S/C16H22N2O5/c1-4-18(9-10-19)13-7-5-12(6-8-13)17-14(16(21)23-3)11-15(20)22-2/h5-8,11,17,19H,4,9-10H2,1-3H3/b14-11+. The van der Waals surface area contributed by atoms with Crippen molar-refractivity contribution in [2.75, 3.05) is 44.1 Å². The van der Waals surface area contributed by atoms with E-state index < -0.39 is 11.9 Å². The monoisotopic (exact) mass is 322 g/mol. The molecule has 1 aromatic carbocycles. The van der Waals surface area contributed by atoms with Gasteiger partial charge < -0.3 is 24.8 Å². The minimum Gasteiger partial charge on any atom is -0.466 e. The quantitative estimate of drug-likeness (QED) is 0.548. The molecule has 0 heterocycles. The second kappa shape index (κ2) is 9.47. The number of carbonyl (C=O) groups is 2. The second-order valence-electron chi connectivity index (χ2n) is 4.55. The van der Waals surface area contributed by atoms with Gasteiger partial charge in [0.1, 0.15) is 5.70 Å². The van der Waals surface area contributed by atoms with Crippen LogP contribution in [-0.2, 0) is 19.1 Å². The molecule has 0 saturated heterocycles. The highest BCUT2D eigenvalue weighted by Crippen LogP contribution is 2.19. The zero-order valence-electron chi connectivity index (χ0n) is 13.5. The van der Waals surface area contributed by atoms with Crippen molar-refractivity contribution in [2.24, 2.45) is 0 Å². The first-order chi connectivity index (χ1) is 11.0. The molecule has 2 N–H and O–H groups in total. The van der Waals surface area contributed by atoms with Gasteiger partial charge in [-0.3, -0.25) is 0 Å². The van der Waals surface area contributed by atoms with E-state index >= 15 is 0 Å². The lowest BCUT2D eigenvalue weighted by Crippen LogP contribution is -2.26. The van der Waals surface area contributed by atoms with Crippen LogP contribution in [0.4, 0.5) is 11.4 Å². The molecule has 0 atom stereocenters. The molecule has 0 bridgehead atoms. The van der Waals surface area contributed by atoms with Gasteiger partial charge in [-0.25, -0.2) is 9.59 Å². The van der Waals surface area contributed by atoms with Crippen molar-refractivity contribution < 1.29 is 24.2 Å². The van der Waals surface area contributed by atoms with Gasteiger partial charge in [-0.15, -0.1) is 0 Å². The van der Waals surface area contributed by atoms with E-state index in [0.29, 0.717) is 12.2 Å². The Labute approximate surface area is 135 Å². The van der Waals surface area contributed by atoms with Crippen molar-refractivity contribution in [3.63, 3.8) is 0 Å². The summed E-state index contributed by atoms with van der Waals surface area (Å²) in [4.78, 5) is 25.0. The van der Waals surface area contributed by atoms with Crippen molar-refractivity contribution in [2.45, 2.75) is 6.92 Å². The van der Waals surface area contributed by atoms with Crippen LogP contribution in [-0.4, -0.2) is 51.0 Å². The van der Waals surface area contributed by atoms with Crippen LogP contribution in [0.15, 0.2) is 36.0 Å². The second-order valence-corrected chi connectivity index (χ2v) is 4.55. The number of nitrogens with zero attached hydrogens (tertiary/aromatic N) is 1. The lowest BCUT2D eigenvalue weighted by molar-refractivity contribution is -0.138. The van der Waals surface area contributed by atoms with Crippen molar-refractivity contribution >= 4 is 23.3 Å². The highest BCUT2D eigenvalue weighted by Gasteiger charge is 2.13.